The number of carboxylic acids is 1. The zero-order valence-electron chi connectivity index (χ0n) is 12.0. The number of benzene rings is 2. The lowest BCUT2D eigenvalue weighted by atomic mass is 10.0. The van der Waals surface area contributed by atoms with Gasteiger partial charge in [-0.05, 0) is 49.2 Å². The molecule has 2 aromatic carbocycles. The minimum Gasteiger partial charge on any atom is -0.478 e. The Hall–Kier alpha value is -2.00. The highest BCUT2D eigenvalue weighted by Gasteiger charge is 2.21. The van der Waals surface area contributed by atoms with Crippen LogP contribution < -0.4 is 4.74 Å². The van der Waals surface area contributed by atoms with Gasteiger partial charge in [0.1, 0.15) is 5.75 Å². The maximum absolute atomic E-state index is 11.4. The number of aliphatic carboxylic acids is 1. The van der Waals surface area contributed by atoms with Gasteiger partial charge in [-0.3, -0.25) is 0 Å². The number of rotatable bonds is 5. The molecule has 2 aromatic rings. The summed E-state index contributed by atoms with van der Waals surface area (Å²) in [7, 11) is 0. The van der Waals surface area contributed by atoms with Crippen LogP contribution in [0, 0.1) is 13.8 Å². The second-order valence-electron chi connectivity index (χ2n) is 5.03. The molecule has 0 saturated carbocycles. The molecule has 0 aliphatic carbocycles. The van der Waals surface area contributed by atoms with Crippen molar-refractivity contribution < 1.29 is 14.6 Å². The molecule has 0 saturated heterocycles. The highest BCUT2D eigenvalue weighted by Crippen LogP contribution is 2.20. The van der Waals surface area contributed by atoms with Crippen LogP contribution in [0.15, 0.2) is 42.5 Å². The largest absolute Gasteiger partial charge is 0.478 e. The average molecular weight is 305 g/mol. The smallest absolute Gasteiger partial charge is 0.345 e. The van der Waals surface area contributed by atoms with Gasteiger partial charge < -0.3 is 9.84 Å². The van der Waals surface area contributed by atoms with Crippen LogP contribution in [-0.2, 0) is 11.2 Å². The minimum absolute atomic E-state index is 0.298. The van der Waals surface area contributed by atoms with E-state index >= 15 is 0 Å². The van der Waals surface area contributed by atoms with Gasteiger partial charge in [-0.25, -0.2) is 4.79 Å². The molecular formula is C17H17ClO3. The summed E-state index contributed by atoms with van der Waals surface area (Å²) in [5, 5.41) is 9.99. The van der Waals surface area contributed by atoms with E-state index in [1.165, 1.54) is 0 Å². The fourth-order valence-electron chi connectivity index (χ4n) is 2.05. The van der Waals surface area contributed by atoms with Gasteiger partial charge >= 0.3 is 5.97 Å². The molecule has 110 valence electrons. The monoisotopic (exact) mass is 304 g/mol. The predicted molar refractivity (Wildman–Crippen MR) is 83.1 cm³/mol. The third kappa shape index (κ3) is 4.23. The van der Waals surface area contributed by atoms with Crippen molar-refractivity contribution in [2.24, 2.45) is 0 Å². The summed E-state index contributed by atoms with van der Waals surface area (Å²) in [5.41, 5.74) is 2.97. The Labute approximate surface area is 129 Å². The Balaban J connectivity index is 2.15. The molecule has 4 heteroatoms. The van der Waals surface area contributed by atoms with Crippen LogP contribution in [0.4, 0.5) is 0 Å². The van der Waals surface area contributed by atoms with Gasteiger partial charge in [0, 0.05) is 11.4 Å². The highest BCUT2D eigenvalue weighted by atomic mass is 35.5. The molecule has 0 aromatic heterocycles. The molecule has 1 unspecified atom stereocenters. The molecule has 0 aliphatic heterocycles. The number of halogens is 1. The number of hydrogen-bond acceptors (Lipinski definition) is 2. The van der Waals surface area contributed by atoms with E-state index in [1.54, 1.807) is 18.2 Å². The van der Waals surface area contributed by atoms with Crippen molar-refractivity contribution in [3.8, 4) is 5.75 Å². The van der Waals surface area contributed by atoms with E-state index in [2.05, 4.69) is 0 Å². The molecule has 1 atom stereocenters. The molecule has 21 heavy (non-hydrogen) atoms. The van der Waals surface area contributed by atoms with Crippen LogP contribution in [0.3, 0.4) is 0 Å². The van der Waals surface area contributed by atoms with E-state index in [0.29, 0.717) is 17.2 Å². The molecule has 0 radical (unpaired) electrons. The fourth-order valence-corrected chi connectivity index (χ4v) is 2.28. The molecule has 1 N–H and O–H groups in total. The van der Waals surface area contributed by atoms with Crippen molar-refractivity contribution in [2.75, 3.05) is 0 Å². The Bertz CT molecular complexity index is 635. The second-order valence-corrected chi connectivity index (χ2v) is 5.47. The zero-order chi connectivity index (χ0) is 15.4. The topological polar surface area (TPSA) is 46.5 Å². The summed E-state index contributed by atoms with van der Waals surface area (Å²) >= 11 is 5.91. The molecule has 0 fully saturated rings. The summed E-state index contributed by atoms with van der Waals surface area (Å²) in [6.45, 7) is 3.88. The molecule has 0 spiro atoms. The summed E-state index contributed by atoms with van der Waals surface area (Å²) in [6, 6.07) is 12.8. The van der Waals surface area contributed by atoms with Crippen molar-refractivity contribution in [3.63, 3.8) is 0 Å². The molecule has 3 nitrogen and oxygen atoms in total. The van der Waals surface area contributed by atoms with Gasteiger partial charge in [-0.15, -0.1) is 0 Å². The molecule has 0 bridgehead atoms. The van der Waals surface area contributed by atoms with Gasteiger partial charge in [0.15, 0.2) is 6.10 Å². The number of hydrogen-bond donors (Lipinski definition) is 1. The SMILES string of the molecule is Cc1ccc(OC(Cc2ccc(Cl)cc2C)C(=O)O)cc1. The van der Waals surface area contributed by atoms with E-state index in [9.17, 15) is 9.90 Å². The van der Waals surface area contributed by atoms with Gasteiger partial charge in [0.25, 0.3) is 0 Å². The van der Waals surface area contributed by atoms with Crippen molar-refractivity contribution in [2.45, 2.75) is 26.4 Å². The average Bonchev–Trinajstić information content (AvgIpc) is 2.43. The molecule has 0 amide bonds. The van der Waals surface area contributed by atoms with Crippen LogP contribution in [-0.4, -0.2) is 17.2 Å². The van der Waals surface area contributed by atoms with Gasteiger partial charge in [-0.2, -0.15) is 0 Å². The Morgan fingerprint density at radius 3 is 2.43 bits per heavy atom. The summed E-state index contributed by atoms with van der Waals surface area (Å²) in [5.74, 6) is -0.426. The molecule has 0 heterocycles. The van der Waals surface area contributed by atoms with E-state index in [4.69, 9.17) is 16.3 Å². The lowest BCUT2D eigenvalue weighted by Crippen LogP contribution is -2.29. The first-order valence-corrected chi connectivity index (χ1v) is 7.04. The third-order valence-electron chi connectivity index (χ3n) is 3.28. The summed E-state index contributed by atoms with van der Waals surface area (Å²) in [6.07, 6.45) is -0.626. The Morgan fingerprint density at radius 2 is 1.86 bits per heavy atom. The molecule has 2 rings (SSSR count). The van der Waals surface area contributed by atoms with Crippen molar-refractivity contribution >= 4 is 17.6 Å². The highest BCUT2D eigenvalue weighted by molar-refractivity contribution is 6.30. The van der Waals surface area contributed by atoms with E-state index in [0.717, 1.165) is 16.7 Å². The van der Waals surface area contributed by atoms with Crippen LogP contribution in [0.1, 0.15) is 16.7 Å². The van der Waals surface area contributed by atoms with Crippen molar-refractivity contribution in [3.05, 3.63) is 64.2 Å². The number of carboxylic acid groups (broad SMARTS) is 1. The zero-order valence-corrected chi connectivity index (χ0v) is 12.7. The van der Waals surface area contributed by atoms with E-state index in [1.807, 2.05) is 38.1 Å². The van der Waals surface area contributed by atoms with Gasteiger partial charge in [0.05, 0.1) is 0 Å². The maximum Gasteiger partial charge on any atom is 0.345 e. The van der Waals surface area contributed by atoms with Crippen LogP contribution in [0.5, 0.6) is 5.75 Å². The first-order chi connectivity index (χ1) is 9.95. The standard InChI is InChI=1S/C17H17ClO3/c1-11-3-7-15(8-4-11)21-16(17(19)20)10-13-5-6-14(18)9-12(13)2/h3-9,16H,10H2,1-2H3,(H,19,20). The normalized spacial score (nSPS) is 12.0. The minimum atomic E-state index is -0.982. The van der Waals surface area contributed by atoms with Crippen LogP contribution in [0.25, 0.3) is 0 Å². The van der Waals surface area contributed by atoms with E-state index in [-0.39, 0.29) is 0 Å². The third-order valence-corrected chi connectivity index (χ3v) is 3.52. The molecule has 0 aliphatic rings. The fraction of sp³-hybridized carbons (Fsp3) is 0.235. The second kappa shape index (κ2) is 6.64. The summed E-state index contributed by atoms with van der Waals surface area (Å²) < 4.78 is 5.59. The lowest BCUT2D eigenvalue weighted by Gasteiger charge is -2.16. The number of ether oxygens (including phenoxy) is 1. The number of aryl methyl sites for hydroxylation is 2. The Morgan fingerprint density at radius 1 is 1.19 bits per heavy atom. The maximum atomic E-state index is 11.4. The van der Waals surface area contributed by atoms with Gasteiger partial charge in [-0.1, -0.05) is 35.4 Å². The first-order valence-electron chi connectivity index (χ1n) is 6.67. The lowest BCUT2D eigenvalue weighted by molar-refractivity contribution is -0.145. The quantitative estimate of drug-likeness (QED) is 0.907. The van der Waals surface area contributed by atoms with Crippen molar-refractivity contribution in [1.82, 2.24) is 0 Å². The van der Waals surface area contributed by atoms with E-state index < -0.39 is 12.1 Å². The van der Waals surface area contributed by atoms with Crippen LogP contribution >= 0.6 is 11.6 Å². The predicted octanol–water partition coefficient (Wildman–Crippen LogP) is 4.03. The summed E-state index contributed by atoms with van der Waals surface area (Å²) in [4.78, 5) is 11.4. The molecular weight excluding hydrogens is 288 g/mol. The number of carbonyl (C=O) groups is 1. The van der Waals surface area contributed by atoms with Gasteiger partial charge in [0.2, 0.25) is 0 Å². The Kier molecular flexibility index (Phi) is 4.86. The first kappa shape index (κ1) is 15.4. The van der Waals surface area contributed by atoms with Crippen molar-refractivity contribution in [1.29, 1.82) is 0 Å². The van der Waals surface area contributed by atoms with Crippen LogP contribution in [0.2, 0.25) is 5.02 Å².